The van der Waals surface area contributed by atoms with Crippen LogP contribution in [0.2, 0.25) is 0 Å². The van der Waals surface area contributed by atoms with Gasteiger partial charge >= 0.3 is 0 Å². The number of nitrogens with zero attached hydrogens (tertiary/aromatic N) is 2. The summed E-state index contributed by atoms with van der Waals surface area (Å²) in [5.74, 6) is -0.843. The van der Waals surface area contributed by atoms with Crippen LogP contribution in [0.5, 0.6) is 11.5 Å². The van der Waals surface area contributed by atoms with Crippen LogP contribution in [0.25, 0.3) is 0 Å². The van der Waals surface area contributed by atoms with Crippen LogP contribution in [-0.2, 0) is 0 Å². The SMILES string of the molecule is CN(CCOc1cccc(C#N)c1)C(=O)c1cc(F)ccc1O. The first-order valence-corrected chi connectivity index (χ1v) is 6.88. The highest BCUT2D eigenvalue weighted by atomic mass is 19.1. The predicted octanol–water partition coefficient (Wildman–Crippen LogP) is 2.55. The summed E-state index contributed by atoms with van der Waals surface area (Å²) in [5.41, 5.74) is 0.385. The predicted molar refractivity (Wildman–Crippen MR) is 81.7 cm³/mol. The van der Waals surface area contributed by atoms with Crippen LogP contribution in [-0.4, -0.2) is 36.1 Å². The number of phenolic OH excluding ortho intramolecular Hbond substituents is 1. The number of phenols is 1. The fraction of sp³-hybridized carbons (Fsp3) is 0.176. The lowest BCUT2D eigenvalue weighted by Gasteiger charge is -2.18. The zero-order valence-electron chi connectivity index (χ0n) is 12.5. The maximum Gasteiger partial charge on any atom is 0.257 e. The highest BCUT2D eigenvalue weighted by Gasteiger charge is 2.16. The van der Waals surface area contributed by atoms with Gasteiger partial charge in [-0.3, -0.25) is 4.79 Å². The topological polar surface area (TPSA) is 73.6 Å². The van der Waals surface area contributed by atoms with Crippen LogP contribution < -0.4 is 4.74 Å². The lowest BCUT2D eigenvalue weighted by atomic mass is 10.1. The summed E-state index contributed by atoms with van der Waals surface area (Å²) in [6.45, 7) is 0.443. The molecule has 0 aliphatic rings. The molecule has 1 amide bonds. The molecule has 2 aromatic carbocycles. The summed E-state index contributed by atoms with van der Waals surface area (Å²) in [6.07, 6.45) is 0. The molecule has 5 nitrogen and oxygen atoms in total. The number of likely N-dealkylation sites (N-methyl/N-ethyl adjacent to an activating group) is 1. The Morgan fingerprint density at radius 1 is 1.35 bits per heavy atom. The van der Waals surface area contributed by atoms with Crippen LogP contribution in [0.15, 0.2) is 42.5 Å². The number of amides is 1. The molecule has 0 saturated carbocycles. The maximum absolute atomic E-state index is 13.2. The van der Waals surface area contributed by atoms with Crippen molar-refractivity contribution in [3.63, 3.8) is 0 Å². The van der Waals surface area contributed by atoms with Crippen molar-refractivity contribution < 1.29 is 19.0 Å². The fourth-order valence-corrected chi connectivity index (χ4v) is 1.94. The van der Waals surface area contributed by atoms with Crippen molar-refractivity contribution >= 4 is 5.91 Å². The minimum Gasteiger partial charge on any atom is -0.507 e. The number of ether oxygens (including phenoxy) is 1. The van der Waals surface area contributed by atoms with Gasteiger partial charge in [-0.15, -0.1) is 0 Å². The van der Waals surface area contributed by atoms with Gasteiger partial charge in [-0.25, -0.2) is 4.39 Å². The molecule has 23 heavy (non-hydrogen) atoms. The summed E-state index contributed by atoms with van der Waals surface area (Å²) in [5, 5.41) is 18.4. The van der Waals surface area contributed by atoms with E-state index in [0.29, 0.717) is 11.3 Å². The summed E-state index contributed by atoms with van der Waals surface area (Å²) >= 11 is 0. The number of hydrogen-bond acceptors (Lipinski definition) is 4. The molecule has 0 aromatic heterocycles. The molecule has 118 valence electrons. The van der Waals surface area contributed by atoms with E-state index in [9.17, 15) is 14.3 Å². The van der Waals surface area contributed by atoms with E-state index in [1.807, 2.05) is 6.07 Å². The molecule has 2 aromatic rings. The average Bonchev–Trinajstić information content (AvgIpc) is 2.56. The van der Waals surface area contributed by atoms with Crippen molar-refractivity contribution in [1.29, 1.82) is 5.26 Å². The minimum atomic E-state index is -0.593. The molecule has 6 heteroatoms. The average molecular weight is 314 g/mol. The zero-order chi connectivity index (χ0) is 16.8. The Kier molecular flexibility index (Phi) is 5.15. The Hall–Kier alpha value is -3.07. The van der Waals surface area contributed by atoms with E-state index in [1.165, 1.54) is 11.9 Å². The molecule has 1 N–H and O–H groups in total. The van der Waals surface area contributed by atoms with Crippen molar-refractivity contribution in [3.05, 3.63) is 59.4 Å². The van der Waals surface area contributed by atoms with Crippen molar-refractivity contribution in [1.82, 2.24) is 4.90 Å². The van der Waals surface area contributed by atoms with Crippen LogP contribution in [0.4, 0.5) is 4.39 Å². The van der Waals surface area contributed by atoms with Gasteiger partial charge in [0.2, 0.25) is 0 Å². The van der Waals surface area contributed by atoms with E-state index in [4.69, 9.17) is 10.00 Å². The molecule has 0 aliphatic carbocycles. The third-order valence-electron chi connectivity index (χ3n) is 3.19. The number of nitriles is 1. The number of benzene rings is 2. The number of aromatic hydroxyl groups is 1. The number of carbonyl (C=O) groups excluding carboxylic acids is 1. The Labute approximate surface area is 133 Å². The van der Waals surface area contributed by atoms with Gasteiger partial charge in [0.1, 0.15) is 23.9 Å². The molecule has 0 atom stereocenters. The molecule has 0 unspecified atom stereocenters. The first-order chi connectivity index (χ1) is 11.0. The van der Waals surface area contributed by atoms with Gasteiger partial charge in [0, 0.05) is 7.05 Å². The van der Waals surface area contributed by atoms with E-state index in [2.05, 4.69) is 0 Å². The molecule has 2 rings (SSSR count). The number of rotatable bonds is 5. The second-order valence-electron chi connectivity index (χ2n) is 4.88. The smallest absolute Gasteiger partial charge is 0.257 e. The number of hydrogen-bond donors (Lipinski definition) is 1. The lowest BCUT2D eigenvalue weighted by molar-refractivity contribution is 0.0770. The summed E-state index contributed by atoms with van der Waals surface area (Å²) in [7, 11) is 1.53. The third kappa shape index (κ3) is 4.20. The van der Waals surface area contributed by atoms with Crippen LogP contribution >= 0.6 is 0 Å². The molecular formula is C17H15FN2O3. The standard InChI is InChI=1S/C17H15FN2O3/c1-20(17(22)15-10-13(18)5-6-16(15)21)7-8-23-14-4-2-3-12(9-14)11-19/h2-6,9-10,21H,7-8H2,1H3. The van der Waals surface area contributed by atoms with Crippen LogP contribution in [0.1, 0.15) is 15.9 Å². The van der Waals surface area contributed by atoms with E-state index in [0.717, 1.165) is 18.2 Å². The second kappa shape index (κ2) is 7.27. The third-order valence-corrected chi connectivity index (χ3v) is 3.19. The number of halogens is 1. The molecule has 0 fully saturated rings. The van der Waals surface area contributed by atoms with Gasteiger partial charge in [0.05, 0.1) is 23.7 Å². The summed E-state index contributed by atoms with van der Waals surface area (Å²) in [6, 6.07) is 11.9. The zero-order valence-corrected chi connectivity index (χ0v) is 12.5. The monoisotopic (exact) mass is 314 g/mol. The van der Waals surface area contributed by atoms with E-state index in [-0.39, 0.29) is 24.5 Å². The molecule has 0 radical (unpaired) electrons. The lowest BCUT2D eigenvalue weighted by Crippen LogP contribution is -2.31. The summed E-state index contributed by atoms with van der Waals surface area (Å²) < 4.78 is 18.7. The second-order valence-corrected chi connectivity index (χ2v) is 4.88. The first-order valence-electron chi connectivity index (χ1n) is 6.88. The van der Waals surface area contributed by atoms with Gasteiger partial charge in [-0.1, -0.05) is 6.07 Å². The van der Waals surface area contributed by atoms with Crippen LogP contribution in [0.3, 0.4) is 0 Å². The van der Waals surface area contributed by atoms with Gasteiger partial charge in [0.15, 0.2) is 0 Å². The van der Waals surface area contributed by atoms with Crippen molar-refractivity contribution in [2.45, 2.75) is 0 Å². The molecule has 0 aliphatic heterocycles. The van der Waals surface area contributed by atoms with Crippen molar-refractivity contribution in [2.75, 3.05) is 20.2 Å². The quantitative estimate of drug-likeness (QED) is 0.920. The normalized spacial score (nSPS) is 9.96. The maximum atomic E-state index is 13.2. The molecule has 0 bridgehead atoms. The molecule has 0 spiro atoms. The first kappa shape index (κ1) is 16.3. The Bertz CT molecular complexity index is 756. The van der Waals surface area contributed by atoms with Crippen LogP contribution in [0, 0.1) is 17.1 Å². The molecule has 0 saturated heterocycles. The Morgan fingerprint density at radius 2 is 2.13 bits per heavy atom. The van der Waals surface area contributed by atoms with Gasteiger partial charge in [0.25, 0.3) is 5.91 Å². The minimum absolute atomic E-state index is 0.0982. The van der Waals surface area contributed by atoms with Gasteiger partial charge in [-0.2, -0.15) is 5.26 Å². The Morgan fingerprint density at radius 3 is 2.87 bits per heavy atom. The number of carbonyl (C=O) groups is 1. The molecular weight excluding hydrogens is 299 g/mol. The Balaban J connectivity index is 1.94. The fourth-order valence-electron chi connectivity index (χ4n) is 1.94. The van der Waals surface area contributed by atoms with Crippen molar-refractivity contribution in [2.24, 2.45) is 0 Å². The van der Waals surface area contributed by atoms with E-state index < -0.39 is 11.7 Å². The highest BCUT2D eigenvalue weighted by Crippen LogP contribution is 2.19. The van der Waals surface area contributed by atoms with Gasteiger partial charge in [-0.05, 0) is 36.4 Å². The van der Waals surface area contributed by atoms with Crippen molar-refractivity contribution in [3.8, 4) is 17.6 Å². The van der Waals surface area contributed by atoms with E-state index in [1.54, 1.807) is 24.3 Å². The van der Waals surface area contributed by atoms with E-state index >= 15 is 0 Å². The molecule has 0 heterocycles. The van der Waals surface area contributed by atoms with Gasteiger partial charge < -0.3 is 14.7 Å². The largest absolute Gasteiger partial charge is 0.507 e. The highest BCUT2D eigenvalue weighted by molar-refractivity contribution is 5.96. The summed E-state index contributed by atoms with van der Waals surface area (Å²) in [4.78, 5) is 13.5.